The number of rotatable bonds is 6. The van der Waals surface area contributed by atoms with Crippen molar-refractivity contribution >= 4 is 17.3 Å². The highest BCUT2D eigenvalue weighted by atomic mass is 32.1. The van der Waals surface area contributed by atoms with Gasteiger partial charge in [-0.1, -0.05) is 19.1 Å². The molecule has 0 saturated heterocycles. The molecule has 0 bridgehead atoms. The van der Waals surface area contributed by atoms with Crippen LogP contribution in [0.3, 0.4) is 0 Å². The SMILES string of the molecule is CN=C(NCc1cccc(-n2cccn2)c1)NCC(C)c1ccsc1. The molecule has 0 amide bonds. The Kier molecular flexibility index (Phi) is 5.85. The molecule has 0 aliphatic rings. The molecule has 5 nitrogen and oxygen atoms in total. The molecule has 0 fully saturated rings. The van der Waals surface area contributed by atoms with Crippen molar-refractivity contribution in [3.8, 4) is 5.69 Å². The lowest BCUT2D eigenvalue weighted by Crippen LogP contribution is -2.38. The summed E-state index contributed by atoms with van der Waals surface area (Å²) in [7, 11) is 1.80. The quantitative estimate of drug-likeness (QED) is 0.527. The smallest absolute Gasteiger partial charge is 0.191 e. The zero-order chi connectivity index (χ0) is 17.5. The van der Waals surface area contributed by atoms with E-state index in [0.717, 1.165) is 18.2 Å². The zero-order valence-electron chi connectivity index (χ0n) is 14.5. The number of aliphatic imine (C=N–C) groups is 1. The first-order valence-corrected chi connectivity index (χ1v) is 9.26. The molecule has 1 unspecified atom stereocenters. The highest BCUT2D eigenvalue weighted by molar-refractivity contribution is 7.07. The van der Waals surface area contributed by atoms with Gasteiger partial charge in [0.25, 0.3) is 0 Å². The maximum atomic E-state index is 4.31. The Bertz CT molecular complexity index is 793. The predicted octanol–water partition coefficient (Wildman–Crippen LogP) is 3.40. The van der Waals surface area contributed by atoms with Crippen molar-refractivity contribution in [3.05, 3.63) is 70.7 Å². The van der Waals surface area contributed by atoms with Gasteiger partial charge in [-0.15, -0.1) is 0 Å². The minimum absolute atomic E-state index is 0.452. The van der Waals surface area contributed by atoms with Gasteiger partial charge in [-0.05, 0) is 52.1 Å². The Morgan fingerprint density at radius 2 is 2.20 bits per heavy atom. The number of aromatic nitrogens is 2. The molecule has 3 aromatic rings. The molecule has 0 spiro atoms. The van der Waals surface area contributed by atoms with E-state index in [-0.39, 0.29) is 0 Å². The van der Waals surface area contributed by atoms with Crippen molar-refractivity contribution in [1.82, 2.24) is 20.4 Å². The average molecular weight is 353 g/mol. The van der Waals surface area contributed by atoms with E-state index < -0.39 is 0 Å². The van der Waals surface area contributed by atoms with Gasteiger partial charge in [0, 0.05) is 32.5 Å². The summed E-state index contributed by atoms with van der Waals surface area (Å²) in [6.45, 7) is 3.78. The van der Waals surface area contributed by atoms with Crippen molar-refractivity contribution < 1.29 is 0 Å². The van der Waals surface area contributed by atoms with Gasteiger partial charge in [0.15, 0.2) is 5.96 Å². The lowest BCUT2D eigenvalue weighted by atomic mass is 10.1. The zero-order valence-corrected chi connectivity index (χ0v) is 15.3. The van der Waals surface area contributed by atoms with E-state index in [4.69, 9.17) is 0 Å². The topological polar surface area (TPSA) is 54.2 Å². The van der Waals surface area contributed by atoms with Crippen molar-refractivity contribution in [3.63, 3.8) is 0 Å². The number of hydrogen-bond donors (Lipinski definition) is 2. The lowest BCUT2D eigenvalue weighted by molar-refractivity contribution is 0.700. The predicted molar refractivity (Wildman–Crippen MR) is 104 cm³/mol. The van der Waals surface area contributed by atoms with Gasteiger partial charge >= 0.3 is 0 Å². The Morgan fingerprint density at radius 3 is 2.92 bits per heavy atom. The molecule has 3 rings (SSSR count). The number of thiophene rings is 1. The van der Waals surface area contributed by atoms with E-state index in [2.05, 4.69) is 56.6 Å². The van der Waals surface area contributed by atoms with Gasteiger partial charge < -0.3 is 10.6 Å². The molecule has 1 atom stereocenters. The minimum Gasteiger partial charge on any atom is -0.356 e. The van der Waals surface area contributed by atoms with Gasteiger partial charge in [0.2, 0.25) is 0 Å². The van der Waals surface area contributed by atoms with E-state index >= 15 is 0 Å². The monoisotopic (exact) mass is 353 g/mol. The van der Waals surface area contributed by atoms with Gasteiger partial charge in [-0.25, -0.2) is 4.68 Å². The summed E-state index contributed by atoms with van der Waals surface area (Å²) in [6, 6.07) is 12.4. The molecule has 6 heteroatoms. The summed E-state index contributed by atoms with van der Waals surface area (Å²) in [6.07, 6.45) is 3.73. The van der Waals surface area contributed by atoms with E-state index in [1.54, 1.807) is 24.6 Å². The fraction of sp³-hybridized carbons (Fsp3) is 0.263. The van der Waals surface area contributed by atoms with E-state index in [9.17, 15) is 0 Å². The Balaban J connectivity index is 1.54. The van der Waals surface area contributed by atoms with E-state index in [1.165, 1.54) is 11.1 Å². The second-order valence-electron chi connectivity index (χ2n) is 5.88. The highest BCUT2D eigenvalue weighted by Crippen LogP contribution is 2.17. The molecule has 0 radical (unpaired) electrons. The summed E-state index contributed by atoms with van der Waals surface area (Å²) in [5.41, 5.74) is 3.60. The third kappa shape index (κ3) is 4.70. The number of nitrogens with one attached hydrogen (secondary N) is 2. The largest absolute Gasteiger partial charge is 0.356 e. The highest BCUT2D eigenvalue weighted by Gasteiger charge is 2.07. The van der Waals surface area contributed by atoms with Crippen molar-refractivity contribution in [2.45, 2.75) is 19.4 Å². The number of hydrogen-bond acceptors (Lipinski definition) is 3. The van der Waals surface area contributed by atoms with Crippen LogP contribution in [-0.2, 0) is 6.54 Å². The van der Waals surface area contributed by atoms with Crippen LogP contribution in [0.1, 0.15) is 24.0 Å². The van der Waals surface area contributed by atoms with Crippen LogP contribution >= 0.6 is 11.3 Å². The molecule has 1 aromatic carbocycles. The van der Waals surface area contributed by atoms with E-state index in [1.807, 2.05) is 29.1 Å². The first-order chi connectivity index (χ1) is 12.3. The summed E-state index contributed by atoms with van der Waals surface area (Å²) in [5.74, 6) is 1.26. The standard InChI is InChI=1S/C19H23N5S/c1-15(17-7-10-25-14-17)12-21-19(20-2)22-13-16-5-3-6-18(11-16)24-9-4-8-23-24/h3-11,14-15H,12-13H2,1-2H3,(H2,20,21,22). The van der Waals surface area contributed by atoms with Gasteiger partial charge in [-0.2, -0.15) is 16.4 Å². The molecule has 0 aliphatic heterocycles. The third-order valence-electron chi connectivity index (χ3n) is 4.05. The molecule has 2 aromatic heterocycles. The second-order valence-corrected chi connectivity index (χ2v) is 6.66. The maximum absolute atomic E-state index is 4.31. The molecular weight excluding hydrogens is 330 g/mol. The van der Waals surface area contributed by atoms with Gasteiger partial charge in [-0.3, -0.25) is 4.99 Å². The third-order valence-corrected chi connectivity index (χ3v) is 4.75. The van der Waals surface area contributed by atoms with Crippen molar-refractivity contribution in [1.29, 1.82) is 0 Å². The van der Waals surface area contributed by atoms with Crippen LogP contribution in [0.2, 0.25) is 0 Å². The van der Waals surface area contributed by atoms with Crippen LogP contribution in [0, 0.1) is 0 Å². The average Bonchev–Trinajstić information content (AvgIpc) is 3.35. The normalized spacial score (nSPS) is 12.8. The van der Waals surface area contributed by atoms with Crippen molar-refractivity contribution in [2.75, 3.05) is 13.6 Å². The number of nitrogens with zero attached hydrogens (tertiary/aromatic N) is 3. The Labute approximate surface area is 152 Å². The fourth-order valence-electron chi connectivity index (χ4n) is 2.56. The Morgan fingerprint density at radius 1 is 1.28 bits per heavy atom. The summed E-state index contributed by atoms with van der Waals surface area (Å²) >= 11 is 1.73. The van der Waals surface area contributed by atoms with E-state index in [0.29, 0.717) is 12.5 Å². The molecule has 130 valence electrons. The van der Waals surface area contributed by atoms with Crippen molar-refractivity contribution in [2.24, 2.45) is 4.99 Å². The minimum atomic E-state index is 0.452. The van der Waals surface area contributed by atoms with Gasteiger partial charge in [0.05, 0.1) is 5.69 Å². The summed E-state index contributed by atoms with van der Waals surface area (Å²) < 4.78 is 1.86. The van der Waals surface area contributed by atoms with Crippen LogP contribution in [0.25, 0.3) is 5.69 Å². The molecule has 0 aliphatic carbocycles. The van der Waals surface area contributed by atoms with Crippen LogP contribution in [-0.4, -0.2) is 29.3 Å². The second kappa shape index (κ2) is 8.48. The Hall–Kier alpha value is -2.60. The van der Waals surface area contributed by atoms with Crippen LogP contribution in [0.4, 0.5) is 0 Å². The number of guanidine groups is 1. The lowest BCUT2D eigenvalue weighted by Gasteiger charge is -2.15. The van der Waals surface area contributed by atoms with Gasteiger partial charge in [0.1, 0.15) is 0 Å². The first-order valence-electron chi connectivity index (χ1n) is 8.32. The molecule has 2 N–H and O–H groups in total. The van der Waals surface area contributed by atoms with Crippen LogP contribution in [0.15, 0.2) is 64.5 Å². The molecule has 0 saturated carbocycles. The molecule has 2 heterocycles. The summed E-state index contributed by atoms with van der Waals surface area (Å²) in [4.78, 5) is 4.31. The molecular formula is C19H23N5S. The number of benzene rings is 1. The summed E-state index contributed by atoms with van der Waals surface area (Å²) in [5, 5.41) is 15.4. The van der Waals surface area contributed by atoms with Crippen LogP contribution < -0.4 is 10.6 Å². The van der Waals surface area contributed by atoms with Crippen LogP contribution in [0.5, 0.6) is 0 Å². The maximum Gasteiger partial charge on any atom is 0.191 e. The molecule has 25 heavy (non-hydrogen) atoms. The fourth-order valence-corrected chi connectivity index (χ4v) is 3.34. The first kappa shape index (κ1) is 17.2.